The highest BCUT2D eigenvalue weighted by Crippen LogP contribution is 2.35. The summed E-state index contributed by atoms with van der Waals surface area (Å²) >= 11 is 0. The second-order valence-electron chi connectivity index (χ2n) is 6.28. The SMILES string of the molecule is CC1(C)Cc2cc(CO)ccc2CN1c1ccc(N)nc1. The van der Waals surface area contributed by atoms with Crippen LogP contribution < -0.4 is 10.6 Å². The third-order valence-corrected chi connectivity index (χ3v) is 4.22. The summed E-state index contributed by atoms with van der Waals surface area (Å²) in [6.07, 6.45) is 2.78. The van der Waals surface area contributed by atoms with Gasteiger partial charge in [0.15, 0.2) is 0 Å². The molecule has 0 bridgehead atoms. The summed E-state index contributed by atoms with van der Waals surface area (Å²) in [5.41, 5.74) is 10.4. The normalized spacial score (nSPS) is 16.6. The van der Waals surface area contributed by atoms with Crippen LogP contribution in [0, 0.1) is 0 Å². The molecule has 1 aromatic carbocycles. The quantitative estimate of drug-likeness (QED) is 0.889. The number of aromatic nitrogens is 1. The van der Waals surface area contributed by atoms with E-state index in [1.54, 1.807) is 0 Å². The monoisotopic (exact) mass is 283 g/mol. The van der Waals surface area contributed by atoms with Crippen molar-refractivity contribution in [1.82, 2.24) is 4.98 Å². The molecule has 1 aliphatic rings. The summed E-state index contributed by atoms with van der Waals surface area (Å²) < 4.78 is 0. The number of benzene rings is 1. The Kier molecular flexibility index (Phi) is 3.33. The molecular weight excluding hydrogens is 262 g/mol. The highest BCUT2D eigenvalue weighted by atomic mass is 16.3. The Morgan fingerprint density at radius 1 is 1.24 bits per heavy atom. The van der Waals surface area contributed by atoms with Gasteiger partial charge in [0.25, 0.3) is 0 Å². The fourth-order valence-corrected chi connectivity index (χ4v) is 3.04. The van der Waals surface area contributed by atoms with Crippen molar-refractivity contribution < 1.29 is 5.11 Å². The number of hydrogen-bond acceptors (Lipinski definition) is 4. The molecule has 4 heteroatoms. The number of nitrogen functional groups attached to an aromatic ring is 1. The molecule has 3 rings (SSSR count). The van der Waals surface area contributed by atoms with Gasteiger partial charge in [0.2, 0.25) is 0 Å². The van der Waals surface area contributed by atoms with Crippen LogP contribution in [-0.4, -0.2) is 15.6 Å². The van der Waals surface area contributed by atoms with Gasteiger partial charge in [0.1, 0.15) is 5.82 Å². The average Bonchev–Trinajstić information content (AvgIpc) is 2.46. The molecule has 2 heterocycles. The zero-order valence-electron chi connectivity index (χ0n) is 12.5. The van der Waals surface area contributed by atoms with Crippen LogP contribution in [-0.2, 0) is 19.6 Å². The van der Waals surface area contributed by atoms with E-state index in [-0.39, 0.29) is 12.1 Å². The van der Waals surface area contributed by atoms with Crippen LogP contribution in [0.3, 0.4) is 0 Å². The lowest BCUT2D eigenvalue weighted by molar-refractivity contribution is 0.281. The largest absolute Gasteiger partial charge is 0.392 e. The molecule has 0 atom stereocenters. The van der Waals surface area contributed by atoms with Crippen molar-refractivity contribution in [3.8, 4) is 0 Å². The summed E-state index contributed by atoms with van der Waals surface area (Å²) in [5.74, 6) is 0.543. The Labute approximate surface area is 125 Å². The van der Waals surface area contributed by atoms with Crippen molar-refractivity contribution in [1.29, 1.82) is 0 Å². The fourth-order valence-electron chi connectivity index (χ4n) is 3.04. The maximum Gasteiger partial charge on any atom is 0.123 e. The lowest BCUT2D eigenvalue weighted by Gasteiger charge is -2.45. The minimum atomic E-state index is -0.00112. The second-order valence-corrected chi connectivity index (χ2v) is 6.28. The molecule has 0 unspecified atom stereocenters. The molecule has 110 valence electrons. The molecule has 4 nitrogen and oxygen atoms in total. The Bertz CT molecular complexity index is 650. The van der Waals surface area contributed by atoms with E-state index < -0.39 is 0 Å². The molecule has 2 aromatic rings. The highest BCUT2D eigenvalue weighted by Gasteiger charge is 2.33. The van der Waals surface area contributed by atoms with E-state index in [4.69, 9.17) is 5.73 Å². The second kappa shape index (κ2) is 5.04. The lowest BCUT2D eigenvalue weighted by atomic mass is 9.84. The molecule has 0 amide bonds. The first-order valence-electron chi connectivity index (χ1n) is 7.20. The van der Waals surface area contributed by atoms with Crippen LogP contribution in [0.25, 0.3) is 0 Å². The predicted molar refractivity (Wildman–Crippen MR) is 85.0 cm³/mol. The number of hydrogen-bond donors (Lipinski definition) is 2. The smallest absolute Gasteiger partial charge is 0.123 e. The Morgan fingerprint density at radius 2 is 2.05 bits per heavy atom. The summed E-state index contributed by atoms with van der Waals surface area (Å²) in [4.78, 5) is 6.57. The first kappa shape index (κ1) is 13.9. The number of pyridine rings is 1. The van der Waals surface area contributed by atoms with E-state index in [0.29, 0.717) is 5.82 Å². The maximum atomic E-state index is 9.29. The Hall–Kier alpha value is -2.07. The van der Waals surface area contributed by atoms with E-state index in [2.05, 4.69) is 35.9 Å². The minimum Gasteiger partial charge on any atom is -0.392 e. The van der Waals surface area contributed by atoms with E-state index in [9.17, 15) is 5.11 Å². The highest BCUT2D eigenvalue weighted by molar-refractivity contribution is 5.53. The zero-order valence-corrected chi connectivity index (χ0v) is 12.5. The number of nitrogens with zero attached hydrogens (tertiary/aromatic N) is 2. The van der Waals surface area contributed by atoms with Gasteiger partial charge in [-0.3, -0.25) is 0 Å². The zero-order chi connectivity index (χ0) is 15.0. The van der Waals surface area contributed by atoms with Crippen molar-refractivity contribution >= 4 is 11.5 Å². The first-order chi connectivity index (χ1) is 9.99. The van der Waals surface area contributed by atoms with Gasteiger partial charge in [-0.2, -0.15) is 0 Å². The van der Waals surface area contributed by atoms with Gasteiger partial charge in [-0.25, -0.2) is 4.98 Å². The van der Waals surface area contributed by atoms with Crippen molar-refractivity contribution in [3.05, 3.63) is 53.2 Å². The van der Waals surface area contributed by atoms with Gasteiger partial charge >= 0.3 is 0 Å². The lowest BCUT2D eigenvalue weighted by Crippen LogP contribution is -2.48. The van der Waals surface area contributed by atoms with Crippen LogP contribution >= 0.6 is 0 Å². The molecule has 0 saturated heterocycles. The van der Waals surface area contributed by atoms with Crippen LogP contribution in [0.5, 0.6) is 0 Å². The average molecular weight is 283 g/mol. The number of nitrogens with two attached hydrogens (primary N) is 1. The number of anilines is 2. The molecule has 0 radical (unpaired) electrons. The van der Waals surface area contributed by atoms with Gasteiger partial charge in [0.05, 0.1) is 18.5 Å². The van der Waals surface area contributed by atoms with Crippen molar-refractivity contribution in [3.63, 3.8) is 0 Å². The van der Waals surface area contributed by atoms with Crippen LogP contribution in [0.1, 0.15) is 30.5 Å². The number of aliphatic hydroxyl groups excluding tert-OH is 1. The summed E-state index contributed by atoms with van der Waals surface area (Å²) in [6, 6.07) is 10.1. The van der Waals surface area contributed by atoms with Crippen LogP contribution in [0.2, 0.25) is 0 Å². The van der Waals surface area contributed by atoms with E-state index in [0.717, 1.165) is 24.2 Å². The third-order valence-electron chi connectivity index (χ3n) is 4.22. The molecule has 0 saturated carbocycles. The third kappa shape index (κ3) is 2.59. The minimum absolute atomic E-state index is 0.00112. The maximum absolute atomic E-state index is 9.29. The standard InChI is InChI=1S/C17H21N3O/c1-17(2)8-14-7-12(11-21)3-4-13(14)10-20(17)15-5-6-16(18)19-9-15/h3-7,9,21H,8,10-11H2,1-2H3,(H2,18,19). The van der Waals surface area contributed by atoms with Crippen molar-refractivity contribution in [2.75, 3.05) is 10.6 Å². The molecule has 0 aliphatic carbocycles. The van der Waals surface area contributed by atoms with Crippen LogP contribution in [0.4, 0.5) is 11.5 Å². The van der Waals surface area contributed by atoms with Gasteiger partial charge < -0.3 is 15.7 Å². The van der Waals surface area contributed by atoms with E-state index >= 15 is 0 Å². The molecule has 3 N–H and O–H groups in total. The molecule has 21 heavy (non-hydrogen) atoms. The van der Waals surface area contributed by atoms with Gasteiger partial charge in [-0.05, 0) is 49.1 Å². The van der Waals surface area contributed by atoms with Gasteiger partial charge in [0, 0.05) is 12.1 Å². The Balaban J connectivity index is 1.98. The topological polar surface area (TPSA) is 62.4 Å². The van der Waals surface area contributed by atoms with Gasteiger partial charge in [-0.1, -0.05) is 18.2 Å². The molecule has 1 aliphatic heterocycles. The Morgan fingerprint density at radius 3 is 2.71 bits per heavy atom. The van der Waals surface area contributed by atoms with E-state index in [1.807, 2.05) is 24.4 Å². The first-order valence-corrected chi connectivity index (χ1v) is 7.20. The summed E-state index contributed by atoms with van der Waals surface area (Å²) in [5, 5.41) is 9.29. The van der Waals surface area contributed by atoms with Gasteiger partial charge in [-0.15, -0.1) is 0 Å². The number of fused-ring (bicyclic) bond motifs is 1. The van der Waals surface area contributed by atoms with E-state index in [1.165, 1.54) is 11.1 Å². The molecule has 0 spiro atoms. The summed E-state index contributed by atoms with van der Waals surface area (Å²) in [7, 11) is 0. The molecule has 0 fully saturated rings. The fraction of sp³-hybridized carbons (Fsp3) is 0.353. The molecule has 1 aromatic heterocycles. The predicted octanol–water partition coefficient (Wildman–Crippen LogP) is 2.50. The summed E-state index contributed by atoms with van der Waals surface area (Å²) in [6.45, 7) is 5.41. The van der Waals surface area contributed by atoms with Crippen molar-refractivity contribution in [2.45, 2.75) is 39.0 Å². The number of rotatable bonds is 2. The van der Waals surface area contributed by atoms with Crippen molar-refractivity contribution in [2.24, 2.45) is 0 Å². The molecular formula is C17H21N3O. The number of aliphatic hydroxyl groups is 1. The van der Waals surface area contributed by atoms with Crippen LogP contribution in [0.15, 0.2) is 36.5 Å².